The molecule has 0 radical (unpaired) electrons. The van der Waals surface area contributed by atoms with Gasteiger partial charge in [0, 0.05) is 24.9 Å². The summed E-state index contributed by atoms with van der Waals surface area (Å²) < 4.78 is 5.19. The zero-order valence-electron chi connectivity index (χ0n) is 10.6. The number of pyridine rings is 1. The Kier molecular flexibility index (Phi) is 3.79. The molecule has 0 saturated heterocycles. The Morgan fingerprint density at radius 3 is 3.12 bits per heavy atom. The van der Waals surface area contributed by atoms with Crippen molar-refractivity contribution in [1.82, 2.24) is 4.98 Å². The summed E-state index contributed by atoms with van der Waals surface area (Å²) >= 11 is 0. The number of nitrogens with zero attached hydrogens (tertiary/aromatic N) is 1. The smallest absolute Gasteiger partial charge is 0.0960 e. The first-order chi connectivity index (χ1) is 8.21. The molecule has 1 aromatic heterocycles. The molecule has 3 nitrogen and oxygen atoms in total. The third kappa shape index (κ3) is 2.35. The molecule has 1 aromatic rings. The van der Waals surface area contributed by atoms with Crippen LogP contribution in [0.3, 0.4) is 0 Å². The molecule has 1 aliphatic rings. The number of hydrogen-bond acceptors (Lipinski definition) is 3. The summed E-state index contributed by atoms with van der Waals surface area (Å²) in [6.45, 7) is 2.39. The third-order valence-electron chi connectivity index (χ3n) is 3.85. The summed E-state index contributed by atoms with van der Waals surface area (Å²) in [7, 11) is 1.64. The second kappa shape index (κ2) is 5.15. The van der Waals surface area contributed by atoms with Gasteiger partial charge >= 0.3 is 0 Å². The molecule has 2 rings (SSSR count). The number of hydrogen-bond donors (Lipinski definition) is 1. The molecular formula is C14H21NO2. The Balaban J connectivity index is 2.34. The Morgan fingerprint density at radius 2 is 2.41 bits per heavy atom. The minimum atomic E-state index is -0.779. The molecule has 0 fully saturated rings. The first-order valence-electron chi connectivity index (χ1n) is 6.36. The van der Waals surface area contributed by atoms with Gasteiger partial charge in [-0.3, -0.25) is 4.98 Å². The van der Waals surface area contributed by atoms with Crippen molar-refractivity contribution in [2.24, 2.45) is 0 Å². The third-order valence-corrected chi connectivity index (χ3v) is 3.85. The van der Waals surface area contributed by atoms with Crippen molar-refractivity contribution < 1.29 is 9.84 Å². The van der Waals surface area contributed by atoms with E-state index < -0.39 is 5.60 Å². The monoisotopic (exact) mass is 235 g/mol. The molecular weight excluding hydrogens is 214 g/mol. The normalized spacial score (nSPS) is 22.9. The molecule has 0 spiro atoms. The van der Waals surface area contributed by atoms with E-state index in [9.17, 15) is 5.11 Å². The van der Waals surface area contributed by atoms with Crippen molar-refractivity contribution >= 4 is 0 Å². The summed E-state index contributed by atoms with van der Waals surface area (Å²) in [5.41, 5.74) is 1.57. The lowest BCUT2D eigenvalue weighted by Gasteiger charge is -2.37. The van der Waals surface area contributed by atoms with E-state index in [1.54, 1.807) is 7.11 Å². The van der Waals surface area contributed by atoms with Crippen LogP contribution in [0.15, 0.2) is 18.3 Å². The van der Waals surface area contributed by atoms with Crippen molar-refractivity contribution in [3.63, 3.8) is 0 Å². The first kappa shape index (κ1) is 12.5. The van der Waals surface area contributed by atoms with Crippen LogP contribution < -0.4 is 0 Å². The van der Waals surface area contributed by atoms with Crippen LogP contribution >= 0.6 is 0 Å². The highest BCUT2D eigenvalue weighted by Crippen LogP contribution is 2.39. The van der Waals surface area contributed by atoms with Crippen molar-refractivity contribution in [1.29, 1.82) is 0 Å². The van der Waals surface area contributed by atoms with E-state index in [2.05, 4.69) is 11.1 Å². The van der Waals surface area contributed by atoms with Gasteiger partial charge in [-0.05, 0) is 37.3 Å². The number of ether oxygens (including phenoxy) is 1. The van der Waals surface area contributed by atoms with E-state index in [-0.39, 0.29) is 5.92 Å². The summed E-state index contributed by atoms with van der Waals surface area (Å²) in [4.78, 5) is 4.48. The maximum Gasteiger partial charge on any atom is 0.0960 e. The van der Waals surface area contributed by atoms with Crippen molar-refractivity contribution in [3.05, 3.63) is 29.6 Å². The summed E-state index contributed by atoms with van der Waals surface area (Å²) in [5, 5.41) is 10.7. The zero-order valence-corrected chi connectivity index (χ0v) is 10.6. The number of rotatable bonds is 4. The van der Waals surface area contributed by atoms with E-state index in [0.29, 0.717) is 13.0 Å². The van der Waals surface area contributed by atoms with E-state index >= 15 is 0 Å². The minimum absolute atomic E-state index is 0.109. The summed E-state index contributed by atoms with van der Waals surface area (Å²) in [6, 6.07) is 4.10. The Labute approximate surface area is 103 Å². The van der Waals surface area contributed by atoms with Crippen LogP contribution in [-0.2, 0) is 11.2 Å². The van der Waals surface area contributed by atoms with Gasteiger partial charge in [-0.15, -0.1) is 0 Å². The molecule has 94 valence electrons. The molecule has 0 amide bonds. The van der Waals surface area contributed by atoms with Crippen molar-refractivity contribution in [2.45, 2.75) is 44.1 Å². The van der Waals surface area contributed by atoms with Gasteiger partial charge in [0.25, 0.3) is 0 Å². The predicted molar refractivity (Wildman–Crippen MR) is 67.0 cm³/mol. The predicted octanol–water partition coefficient (Wildman–Crippen LogP) is 2.29. The molecule has 2 atom stereocenters. The molecule has 2 unspecified atom stereocenters. The van der Waals surface area contributed by atoms with Crippen LogP contribution in [0.25, 0.3) is 0 Å². The van der Waals surface area contributed by atoms with Gasteiger partial charge in [-0.25, -0.2) is 0 Å². The largest absolute Gasteiger partial charge is 0.387 e. The van der Waals surface area contributed by atoms with Crippen LogP contribution in [0.1, 0.15) is 43.4 Å². The Bertz CT molecular complexity index is 380. The zero-order chi connectivity index (χ0) is 12.3. The molecule has 0 aromatic carbocycles. The number of fused-ring (bicyclic) bond motifs is 1. The highest BCUT2D eigenvalue weighted by Gasteiger charge is 2.39. The molecule has 17 heavy (non-hydrogen) atoms. The fraction of sp³-hybridized carbons (Fsp3) is 0.643. The molecule has 3 heteroatoms. The second-order valence-electron chi connectivity index (χ2n) is 4.88. The van der Waals surface area contributed by atoms with Crippen LogP contribution in [0.2, 0.25) is 0 Å². The van der Waals surface area contributed by atoms with Gasteiger partial charge in [0.05, 0.1) is 12.2 Å². The van der Waals surface area contributed by atoms with Gasteiger partial charge in [-0.1, -0.05) is 13.0 Å². The van der Waals surface area contributed by atoms with Crippen LogP contribution in [0, 0.1) is 0 Å². The molecule has 0 bridgehead atoms. The highest BCUT2D eigenvalue weighted by atomic mass is 16.5. The fourth-order valence-electron chi connectivity index (χ4n) is 2.83. The second-order valence-corrected chi connectivity index (χ2v) is 4.88. The Morgan fingerprint density at radius 1 is 1.59 bits per heavy atom. The summed E-state index contributed by atoms with van der Waals surface area (Å²) in [5.74, 6) is 0.109. The Hall–Kier alpha value is -0.930. The molecule has 1 aliphatic carbocycles. The van der Waals surface area contributed by atoms with E-state index in [1.807, 2.05) is 19.2 Å². The van der Waals surface area contributed by atoms with Gasteiger partial charge in [0.2, 0.25) is 0 Å². The van der Waals surface area contributed by atoms with Crippen LogP contribution in [-0.4, -0.2) is 29.4 Å². The molecule has 1 N–H and O–H groups in total. The minimum Gasteiger partial charge on any atom is -0.387 e. The van der Waals surface area contributed by atoms with Crippen LogP contribution in [0.5, 0.6) is 0 Å². The maximum absolute atomic E-state index is 10.7. The van der Waals surface area contributed by atoms with Crippen molar-refractivity contribution in [2.75, 3.05) is 13.7 Å². The molecule has 0 saturated carbocycles. The van der Waals surface area contributed by atoms with E-state index in [1.165, 1.54) is 5.56 Å². The van der Waals surface area contributed by atoms with Gasteiger partial charge < -0.3 is 9.84 Å². The number of aliphatic hydroxyl groups is 1. The first-order valence-corrected chi connectivity index (χ1v) is 6.36. The number of aryl methyl sites for hydroxylation is 1. The standard InChI is InChI=1S/C14H21NO2/c1-3-14(16,10-17-2)12-8-4-6-11-7-5-9-15-13(11)12/h5,7,9,12,16H,3-4,6,8,10H2,1-2H3. The lowest BCUT2D eigenvalue weighted by Crippen LogP contribution is -2.42. The number of methoxy groups -OCH3 is 1. The topological polar surface area (TPSA) is 42.4 Å². The lowest BCUT2D eigenvalue weighted by molar-refractivity contribution is -0.0585. The van der Waals surface area contributed by atoms with Gasteiger partial charge in [0.1, 0.15) is 0 Å². The van der Waals surface area contributed by atoms with Crippen LogP contribution in [0.4, 0.5) is 0 Å². The average Bonchev–Trinajstić information content (AvgIpc) is 2.38. The van der Waals surface area contributed by atoms with Gasteiger partial charge in [-0.2, -0.15) is 0 Å². The average molecular weight is 235 g/mol. The number of aromatic nitrogens is 1. The quantitative estimate of drug-likeness (QED) is 0.870. The van der Waals surface area contributed by atoms with E-state index in [4.69, 9.17) is 4.74 Å². The molecule has 0 aliphatic heterocycles. The SMILES string of the molecule is CCC(O)(COC)C1CCCc2cccnc21. The fourth-order valence-corrected chi connectivity index (χ4v) is 2.83. The van der Waals surface area contributed by atoms with Gasteiger partial charge in [0.15, 0.2) is 0 Å². The maximum atomic E-state index is 10.7. The highest BCUT2D eigenvalue weighted by molar-refractivity contribution is 5.28. The van der Waals surface area contributed by atoms with Crippen molar-refractivity contribution in [3.8, 4) is 0 Å². The molecule has 1 heterocycles. The lowest BCUT2D eigenvalue weighted by atomic mass is 9.75. The van der Waals surface area contributed by atoms with E-state index in [0.717, 1.165) is 25.0 Å². The summed E-state index contributed by atoms with van der Waals surface area (Å²) in [6.07, 6.45) is 5.71.